The zero-order valence-electron chi connectivity index (χ0n) is 16.0. The van der Waals surface area contributed by atoms with Crippen molar-refractivity contribution in [1.82, 2.24) is 10.6 Å². The van der Waals surface area contributed by atoms with Crippen molar-refractivity contribution in [2.75, 3.05) is 13.1 Å². The monoisotopic (exact) mass is 358 g/mol. The van der Waals surface area contributed by atoms with Gasteiger partial charge in [0.25, 0.3) is 0 Å². The van der Waals surface area contributed by atoms with E-state index < -0.39 is 0 Å². The molecule has 0 heterocycles. The van der Waals surface area contributed by atoms with Gasteiger partial charge in [-0.05, 0) is 88.4 Å². The van der Waals surface area contributed by atoms with E-state index in [0.29, 0.717) is 13.0 Å². The summed E-state index contributed by atoms with van der Waals surface area (Å²) in [6, 6.07) is 0. The van der Waals surface area contributed by atoms with Crippen molar-refractivity contribution in [2.45, 2.75) is 77.0 Å². The highest BCUT2D eigenvalue weighted by Crippen LogP contribution is 2.60. The molecule has 4 fully saturated rings. The Morgan fingerprint density at radius 1 is 0.962 bits per heavy atom. The number of hydrogen-bond acceptors (Lipinski definition) is 2. The predicted octanol–water partition coefficient (Wildman–Crippen LogP) is 3.72. The molecule has 2 amide bonds. The lowest BCUT2D eigenvalue weighted by atomic mass is 9.49. The Labute approximate surface area is 157 Å². The number of rotatable bonds is 7. The number of nitrogens with one attached hydrogen (secondary N) is 2. The maximum absolute atomic E-state index is 12.8. The molecule has 0 radical (unpaired) electrons. The maximum atomic E-state index is 12.8. The average Bonchev–Trinajstić information content (AvgIpc) is 2.61. The molecule has 0 aliphatic heterocycles. The lowest BCUT2D eigenvalue weighted by Gasteiger charge is -2.55. The maximum Gasteiger partial charge on any atom is 0.226 e. The summed E-state index contributed by atoms with van der Waals surface area (Å²) in [7, 11) is 0. The van der Waals surface area contributed by atoms with E-state index in [-0.39, 0.29) is 17.2 Å². The minimum atomic E-state index is -0.0985. The molecule has 4 saturated carbocycles. The minimum Gasteiger partial charge on any atom is -0.356 e. The standard InChI is InChI=1S/C22H34N2O2/c25-20(23-8-6-16-4-2-1-3-5-16)7-9-24-21(26)22-13-17-10-18(14-22)12-19(11-17)15-22/h4,17-19H,1-3,5-15H2,(H,23,25)(H,24,26). The summed E-state index contributed by atoms with van der Waals surface area (Å²) in [5.41, 5.74) is 1.39. The van der Waals surface area contributed by atoms with Crippen LogP contribution in [0.2, 0.25) is 0 Å². The van der Waals surface area contributed by atoms with Crippen molar-refractivity contribution in [3.63, 3.8) is 0 Å². The fourth-order valence-corrected chi connectivity index (χ4v) is 6.45. The molecule has 0 atom stereocenters. The van der Waals surface area contributed by atoms with Gasteiger partial charge in [-0.25, -0.2) is 0 Å². The third-order valence-electron chi connectivity index (χ3n) is 7.31. The second kappa shape index (κ2) is 7.74. The number of carbonyl (C=O) groups excluding carboxylic acids is 2. The molecule has 4 nitrogen and oxygen atoms in total. The Morgan fingerprint density at radius 2 is 1.65 bits per heavy atom. The molecule has 5 aliphatic rings. The van der Waals surface area contributed by atoms with Crippen LogP contribution in [0.15, 0.2) is 11.6 Å². The smallest absolute Gasteiger partial charge is 0.226 e. The molecule has 5 rings (SSSR count). The van der Waals surface area contributed by atoms with Crippen LogP contribution in [0.4, 0.5) is 0 Å². The molecule has 5 aliphatic carbocycles. The zero-order chi connectivity index (χ0) is 18.0. The first-order valence-corrected chi connectivity index (χ1v) is 10.9. The summed E-state index contributed by atoms with van der Waals surface area (Å²) in [5.74, 6) is 2.64. The summed E-state index contributed by atoms with van der Waals surface area (Å²) in [6.07, 6.45) is 16.0. The van der Waals surface area contributed by atoms with E-state index >= 15 is 0 Å². The Hall–Kier alpha value is -1.32. The lowest BCUT2D eigenvalue weighted by molar-refractivity contribution is -0.146. The fraction of sp³-hybridized carbons (Fsp3) is 0.818. The number of carbonyl (C=O) groups is 2. The first-order valence-electron chi connectivity index (χ1n) is 10.9. The van der Waals surface area contributed by atoms with Crippen LogP contribution in [-0.4, -0.2) is 24.9 Å². The van der Waals surface area contributed by atoms with Gasteiger partial charge < -0.3 is 10.6 Å². The van der Waals surface area contributed by atoms with Crippen LogP contribution >= 0.6 is 0 Å². The van der Waals surface area contributed by atoms with Crippen molar-refractivity contribution < 1.29 is 9.59 Å². The Morgan fingerprint density at radius 3 is 2.27 bits per heavy atom. The van der Waals surface area contributed by atoms with Gasteiger partial charge in [-0.1, -0.05) is 11.6 Å². The first kappa shape index (κ1) is 18.1. The van der Waals surface area contributed by atoms with Gasteiger partial charge in [0.1, 0.15) is 0 Å². The van der Waals surface area contributed by atoms with E-state index in [4.69, 9.17) is 0 Å². The molecule has 26 heavy (non-hydrogen) atoms. The van der Waals surface area contributed by atoms with Gasteiger partial charge in [-0.2, -0.15) is 0 Å². The third kappa shape index (κ3) is 3.99. The average molecular weight is 359 g/mol. The predicted molar refractivity (Wildman–Crippen MR) is 102 cm³/mol. The molecule has 0 aromatic rings. The largest absolute Gasteiger partial charge is 0.356 e. The van der Waals surface area contributed by atoms with E-state index in [1.807, 2.05) is 0 Å². The van der Waals surface area contributed by atoms with Crippen molar-refractivity contribution in [1.29, 1.82) is 0 Å². The quantitative estimate of drug-likeness (QED) is 0.682. The second-order valence-corrected chi connectivity index (χ2v) is 9.41. The molecule has 4 bridgehead atoms. The van der Waals surface area contributed by atoms with Crippen molar-refractivity contribution >= 4 is 11.8 Å². The lowest BCUT2D eigenvalue weighted by Crippen LogP contribution is -2.53. The van der Waals surface area contributed by atoms with Gasteiger partial charge in [-0.3, -0.25) is 9.59 Å². The van der Waals surface area contributed by atoms with Gasteiger partial charge in [-0.15, -0.1) is 0 Å². The molecule has 144 valence electrons. The van der Waals surface area contributed by atoms with Crippen LogP contribution in [0.3, 0.4) is 0 Å². The van der Waals surface area contributed by atoms with Gasteiger partial charge in [0, 0.05) is 24.9 Å². The Bertz CT molecular complexity index is 545. The van der Waals surface area contributed by atoms with Crippen molar-refractivity contribution in [3.8, 4) is 0 Å². The van der Waals surface area contributed by atoms with E-state index in [9.17, 15) is 9.59 Å². The van der Waals surface area contributed by atoms with E-state index in [1.54, 1.807) is 0 Å². The topological polar surface area (TPSA) is 58.2 Å². The highest BCUT2D eigenvalue weighted by molar-refractivity contribution is 5.84. The number of amides is 2. The number of allylic oxidation sites excluding steroid dienone is 1. The fourth-order valence-electron chi connectivity index (χ4n) is 6.45. The zero-order valence-corrected chi connectivity index (χ0v) is 16.0. The van der Waals surface area contributed by atoms with Crippen LogP contribution in [-0.2, 0) is 9.59 Å². The second-order valence-electron chi connectivity index (χ2n) is 9.41. The molecular weight excluding hydrogens is 324 g/mol. The molecule has 0 spiro atoms. The normalized spacial score (nSPS) is 35.1. The van der Waals surface area contributed by atoms with Crippen LogP contribution in [0.25, 0.3) is 0 Å². The minimum absolute atomic E-state index is 0.0622. The van der Waals surface area contributed by atoms with Gasteiger partial charge >= 0.3 is 0 Å². The number of hydrogen-bond donors (Lipinski definition) is 2. The van der Waals surface area contributed by atoms with Crippen LogP contribution in [0.1, 0.15) is 77.0 Å². The molecule has 4 heteroatoms. The third-order valence-corrected chi connectivity index (χ3v) is 7.31. The van der Waals surface area contributed by atoms with Crippen LogP contribution in [0, 0.1) is 23.2 Å². The Balaban J connectivity index is 1.16. The molecule has 2 N–H and O–H groups in total. The van der Waals surface area contributed by atoms with E-state index in [0.717, 1.165) is 50.0 Å². The summed E-state index contributed by atoms with van der Waals surface area (Å²) in [4.78, 5) is 24.9. The highest BCUT2D eigenvalue weighted by Gasteiger charge is 2.54. The Kier molecular flexibility index (Phi) is 5.37. The van der Waals surface area contributed by atoms with Crippen molar-refractivity contribution in [2.24, 2.45) is 23.2 Å². The van der Waals surface area contributed by atoms with Crippen molar-refractivity contribution in [3.05, 3.63) is 11.6 Å². The summed E-state index contributed by atoms with van der Waals surface area (Å²) < 4.78 is 0. The SMILES string of the molecule is O=C(CCNC(=O)C12CC3CC(CC(C3)C1)C2)NCCC1=CCCCC1. The van der Waals surface area contributed by atoms with Gasteiger partial charge in [0.15, 0.2) is 0 Å². The molecule has 0 aromatic carbocycles. The first-order chi connectivity index (χ1) is 12.6. The molecule has 0 unspecified atom stereocenters. The molecular formula is C22H34N2O2. The summed E-state index contributed by atoms with van der Waals surface area (Å²) in [5, 5.41) is 6.11. The van der Waals surface area contributed by atoms with E-state index in [1.165, 1.54) is 50.5 Å². The summed E-state index contributed by atoms with van der Waals surface area (Å²) in [6.45, 7) is 1.21. The molecule has 0 saturated heterocycles. The highest BCUT2D eigenvalue weighted by atomic mass is 16.2. The van der Waals surface area contributed by atoms with E-state index in [2.05, 4.69) is 16.7 Å². The summed E-state index contributed by atoms with van der Waals surface area (Å²) >= 11 is 0. The van der Waals surface area contributed by atoms with Gasteiger partial charge in [0.2, 0.25) is 11.8 Å². The van der Waals surface area contributed by atoms with Crippen LogP contribution in [0.5, 0.6) is 0 Å². The van der Waals surface area contributed by atoms with Crippen LogP contribution < -0.4 is 10.6 Å². The van der Waals surface area contributed by atoms with Gasteiger partial charge in [0.05, 0.1) is 0 Å². The molecule has 0 aromatic heterocycles.